The Morgan fingerprint density at radius 3 is 2.40 bits per heavy atom. The Labute approximate surface area is 228 Å². The van der Waals surface area contributed by atoms with Crippen LogP contribution in [0.15, 0.2) is 47.3 Å². The van der Waals surface area contributed by atoms with E-state index < -0.39 is 34.7 Å². The number of benzene rings is 2. The zero-order valence-electron chi connectivity index (χ0n) is 22.3. The molecule has 1 aliphatic rings. The number of anilines is 4. The summed E-state index contributed by atoms with van der Waals surface area (Å²) in [6, 6.07) is 8.60. The minimum Gasteiger partial charge on any atom is -0.364 e. The summed E-state index contributed by atoms with van der Waals surface area (Å²) in [6.45, 7) is 3.15. The Morgan fingerprint density at radius 1 is 1.15 bits per heavy atom. The van der Waals surface area contributed by atoms with Gasteiger partial charge in [-0.1, -0.05) is 18.2 Å². The first-order chi connectivity index (χ1) is 18.8. The molecule has 1 fully saturated rings. The number of hydrogen-bond acceptors (Lipinski definition) is 5. The molecule has 9 nitrogen and oxygen atoms in total. The summed E-state index contributed by atoms with van der Waals surface area (Å²) in [4.78, 5) is 53.5. The van der Waals surface area contributed by atoms with E-state index in [2.05, 4.69) is 5.32 Å². The van der Waals surface area contributed by atoms with Crippen molar-refractivity contribution in [1.29, 1.82) is 0 Å². The number of aromatic nitrogens is 1. The fourth-order valence-electron chi connectivity index (χ4n) is 4.45. The fourth-order valence-corrected chi connectivity index (χ4v) is 4.45. The highest BCUT2D eigenvalue weighted by molar-refractivity contribution is 6.08. The second-order valence-electron chi connectivity index (χ2n) is 9.78. The van der Waals surface area contributed by atoms with Gasteiger partial charge in [0.15, 0.2) is 0 Å². The average molecular weight is 556 g/mol. The second-order valence-corrected chi connectivity index (χ2v) is 9.78. The maximum Gasteiger partial charge on any atom is 0.349 e. The number of nitrogens with zero attached hydrogens (tertiary/aromatic N) is 3. The van der Waals surface area contributed by atoms with Crippen molar-refractivity contribution in [2.75, 3.05) is 17.3 Å². The third-order valence-corrected chi connectivity index (χ3v) is 6.93. The maximum atomic E-state index is 14.9. The van der Waals surface area contributed by atoms with Gasteiger partial charge in [0.2, 0.25) is 6.41 Å². The number of aryl methyl sites for hydroxylation is 1. The summed E-state index contributed by atoms with van der Waals surface area (Å²) in [7, 11) is 2.90. The molecule has 3 amide bonds. The van der Waals surface area contributed by atoms with Crippen LogP contribution in [0.1, 0.15) is 39.9 Å². The molecule has 2 aromatic carbocycles. The number of alkyl halides is 2. The van der Waals surface area contributed by atoms with Crippen LogP contribution >= 0.6 is 0 Å². The van der Waals surface area contributed by atoms with Gasteiger partial charge >= 0.3 is 5.92 Å². The molecule has 1 heterocycles. The number of carbonyl (C=O) groups is 3. The minimum atomic E-state index is -4.05. The molecule has 0 atom stereocenters. The molecule has 0 spiro atoms. The number of pyridine rings is 1. The number of primary amides is 1. The van der Waals surface area contributed by atoms with Gasteiger partial charge < -0.3 is 16.0 Å². The van der Waals surface area contributed by atoms with E-state index in [0.717, 1.165) is 34.4 Å². The van der Waals surface area contributed by atoms with Crippen LogP contribution in [0, 0.1) is 19.7 Å². The van der Waals surface area contributed by atoms with Gasteiger partial charge in [0, 0.05) is 31.3 Å². The van der Waals surface area contributed by atoms with Crippen molar-refractivity contribution in [1.82, 2.24) is 9.47 Å². The third kappa shape index (κ3) is 5.04. The SMILES string of the molecule is Cc1ccc(Nc2c(C(=O)N(C)C3CC3)c(N(C=O)c3cccc(C(F)(F)C(N)=O)c3)n(C)c(=O)c2C)c(F)c1. The highest BCUT2D eigenvalue weighted by Crippen LogP contribution is 2.38. The van der Waals surface area contributed by atoms with Crippen molar-refractivity contribution >= 4 is 41.1 Å². The molecule has 3 aromatic rings. The normalized spacial score (nSPS) is 13.1. The summed E-state index contributed by atoms with van der Waals surface area (Å²) in [5.41, 5.74) is 3.81. The van der Waals surface area contributed by atoms with Crippen LogP contribution in [-0.2, 0) is 22.6 Å². The molecule has 0 radical (unpaired) electrons. The summed E-state index contributed by atoms with van der Waals surface area (Å²) in [5, 5.41) is 2.86. The first-order valence-electron chi connectivity index (χ1n) is 12.4. The standard InChI is InChI=1S/C28H28F3N5O4/c1-15-8-11-21(20(29)12-15)33-23-16(2)25(38)35(4)24(22(23)26(39)34(3)18-9-10-18)36(14-37)19-7-5-6-17(13-19)28(30,31)27(32)40/h5-8,11-14,18,33H,9-10H2,1-4H3,(H2,32,40). The Kier molecular flexibility index (Phi) is 7.46. The van der Waals surface area contributed by atoms with E-state index in [1.807, 2.05) is 0 Å². The molecule has 1 aromatic heterocycles. The lowest BCUT2D eigenvalue weighted by Gasteiger charge is -2.29. The van der Waals surface area contributed by atoms with Crippen molar-refractivity contribution in [2.24, 2.45) is 12.8 Å². The first-order valence-corrected chi connectivity index (χ1v) is 12.4. The van der Waals surface area contributed by atoms with E-state index in [0.29, 0.717) is 5.56 Å². The Morgan fingerprint density at radius 2 is 1.82 bits per heavy atom. The molecular weight excluding hydrogens is 527 g/mol. The van der Waals surface area contributed by atoms with Crippen LogP contribution in [0.3, 0.4) is 0 Å². The Hall–Kier alpha value is -4.61. The predicted octanol–water partition coefficient (Wildman–Crippen LogP) is 3.99. The van der Waals surface area contributed by atoms with Gasteiger partial charge in [-0.15, -0.1) is 0 Å². The highest BCUT2D eigenvalue weighted by Gasteiger charge is 2.40. The van der Waals surface area contributed by atoms with Gasteiger partial charge in [-0.25, -0.2) is 4.39 Å². The number of rotatable bonds is 9. The maximum absolute atomic E-state index is 14.9. The molecular formula is C28H28F3N5O4. The minimum absolute atomic E-state index is 0.0169. The van der Waals surface area contributed by atoms with Gasteiger partial charge in [-0.3, -0.25) is 28.6 Å². The largest absolute Gasteiger partial charge is 0.364 e. The van der Waals surface area contributed by atoms with E-state index in [1.54, 1.807) is 20.0 Å². The molecule has 12 heteroatoms. The summed E-state index contributed by atoms with van der Waals surface area (Å²) >= 11 is 0. The van der Waals surface area contributed by atoms with Gasteiger partial charge in [0.05, 0.1) is 17.1 Å². The lowest BCUT2D eigenvalue weighted by Crippen LogP contribution is -2.36. The van der Waals surface area contributed by atoms with Gasteiger partial charge in [-0.05, 0) is 56.5 Å². The molecule has 1 aliphatic carbocycles. The van der Waals surface area contributed by atoms with E-state index in [4.69, 9.17) is 5.73 Å². The third-order valence-electron chi connectivity index (χ3n) is 6.93. The molecule has 1 saturated carbocycles. The summed E-state index contributed by atoms with van der Waals surface area (Å²) in [6.07, 6.45) is 1.76. The zero-order valence-corrected chi connectivity index (χ0v) is 22.3. The molecule has 0 saturated heterocycles. The van der Waals surface area contributed by atoms with Crippen molar-refractivity contribution < 1.29 is 27.6 Å². The van der Waals surface area contributed by atoms with E-state index in [9.17, 15) is 32.3 Å². The van der Waals surface area contributed by atoms with Crippen LogP contribution in [0.5, 0.6) is 0 Å². The van der Waals surface area contributed by atoms with Crippen molar-refractivity contribution in [2.45, 2.75) is 38.7 Å². The summed E-state index contributed by atoms with van der Waals surface area (Å²) in [5.74, 6) is -7.39. The van der Waals surface area contributed by atoms with Gasteiger partial charge in [-0.2, -0.15) is 8.78 Å². The molecule has 0 aliphatic heterocycles. The molecule has 0 bridgehead atoms. The number of nitrogens with two attached hydrogens (primary N) is 1. The zero-order chi connectivity index (χ0) is 29.5. The van der Waals surface area contributed by atoms with Crippen molar-refractivity contribution in [3.05, 3.63) is 80.9 Å². The van der Waals surface area contributed by atoms with Crippen molar-refractivity contribution in [3.63, 3.8) is 0 Å². The lowest BCUT2D eigenvalue weighted by molar-refractivity contribution is -0.143. The second kappa shape index (κ2) is 10.5. The summed E-state index contributed by atoms with van der Waals surface area (Å²) < 4.78 is 44.8. The van der Waals surface area contributed by atoms with E-state index >= 15 is 0 Å². The number of carbonyl (C=O) groups excluding carboxylic acids is 3. The molecule has 210 valence electrons. The highest BCUT2D eigenvalue weighted by atomic mass is 19.3. The van der Waals surface area contributed by atoms with Crippen LogP contribution in [0.4, 0.5) is 36.1 Å². The number of amides is 3. The smallest absolute Gasteiger partial charge is 0.349 e. The molecule has 0 unspecified atom stereocenters. The Bertz CT molecular complexity index is 1580. The van der Waals surface area contributed by atoms with E-state index in [1.165, 1.54) is 43.1 Å². The molecule has 40 heavy (non-hydrogen) atoms. The predicted molar refractivity (Wildman–Crippen MR) is 144 cm³/mol. The molecule has 3 N–H and O–H groups in total. The fraction of sp³-hybridized carbons (Fsp3) is 0.286. The number of halogens is 3. The van der Waals surface area contributed by atoms with E-state index in [-0.39, 0.29) is 46.5 Å². The van der Waals surface area contributed by atoms with Gasteiger partial charge in [0.1, 0.15) is 17.2 Å². The quantitative estimate of drug-likeness (QED) is 0.387. The number of hydrogen-bond donors (Lipinski definition) is 2. The first kappa shape index (κ1) is 28.4. The van der Waals surface area contributed by atoms with Crippen LogP contribution in [0.25, 0.3) is 0 Å². The Balaban J connectivity index is 2.00. The van der Waals surface area contributed by atoms with Crippen LogP contribution in [-0.4, -0.2) is 40.8 Å². The monoisotopic (exact) mass is 555 g/mol. The van der Waals surface area contributed by atoms with Crippen molar-refractivity contribution in [3.8, 4) is 0 Å². The molecule has 4 rings (SSSR count). The van der Waals surface area contributed by atoms with Crippen LogP contribution < -0.4 is 21.5 Å². The topological polar surface area (TPSA) is 118 Å². The van der Waals surface area contributed by atoms with Gasteiger partial charge in [0.25, 0.3) is 17.4 Å². The lowest BCUT2D eigenvalue weighted by atomic mass is 10.0. The average Bonchev–Trinajstić information content (AvgIpc) is 3.76. The van der Waals surface area contributed by atoms with Crippen LogP contribution in [0.2, 0.25) is 0 Å². The number of nitrogens with one attached hydrogen (secondary N) is 1.